The van der Waals surface area contributed by atoms with E-state index < -0.39 is 0 Å². The van der Waals surface area contributed by atoms with Gasteiger partial charge in [-0.05, 0) is 75.2 Å². The molecule has 0 spiro atoms. The number of ether oxygens (including phenoxy) is 3. The molecule has 4 heteroatoms. The molecule has 7 rings (SSSR count). The van der Waals surface area contributed by atoms with Crippen molar-refractivity contribution in [1.29, 1.82) is 0 Å². The molecular formula is C41H58O4. The van der Waals surface area contributed by atoms with Crippen molar-refractivity contribution in [2.45, 2.75) is 89.5 Å². The van der Waals surface area contributed by atoms with E-state index in [0.717, 1.165) is 35.9 Å². The normalized spacial score (nSPS) is 10.5. The Kier molecular flexibility index (Phi) is 22.8. The van der Waals surface area contributed by atoms with Crippen LogP contribution >= 0.6 is 0 Å². The summed E-state index contributed by atoms with van der Waals surface area (Å²) >= 11 is 0. The zero-order valence-electron chi connectivity index (χ0n) is 30.0. The van der Waals surface area contributed by atoms with Gasteiger partial charge in [0.05, 0.1) is 12.9 Å². The quantitative estimate of drug-likeness (QED) is 0.174. The first kappa shape index (κ1) is 40.8. The topological polar surface area (TPSA) is 40.8 Å². The zero-order chi connectivity index (χ0) is 34.0. The van der Waals surface area contributed by atoms with Gasteiger partial charge in [0.25, 0.3) is 0 Å². The Bertz CT molecular complexity index is 1360. The molecule has 0 unspecified atom stereocenters. The van der Waals surface area contributed by atoms with Crippen LogP contribution < -0.4 is 14.2 Å². The Hall–Kier alpha value is -4.18. The van der Waals surface area contributed by atoms with E-state index in [1.807, 2.05) is 117 Å². The van der Waals surface area contributed by atoms with Crippen LogP contribution in [-0.2, 0) is 6.42 Å². The molecule has 45 heavy (non-hydrogen) atoms. The van der Waals surface area contributed by atoms with Crippen molar-refractivity contribution < 1.29 is 18.6 Å². The van der Waals surface area contributed by atoms with E-state index in [2.05, 4.69) is 57.2 Å². The first-order valence-corrected chi connectivity index (χ1v) is 16.5. The van der Waals surface area contributed by atoms with E-state index in [0.29, 0.717) is 6.79 Å². The van der Waals surface area contributed by atoms with E-state index in [1.165, 1.54) is 33.2 Å². The van der Waals surface area contributed by atoms with Gasteiger partial charge in [0.15, 0.2) is 11.5 Å². The Morgan fingerprint density at radius 1 is 0.467 bits per heavy atom. The maximum atomic E-state index is 5.35. The fourth-order valence-electron chi connectivity index (χ4n) is 3.94. The SMILES string of the molecule is CC.CC.CC.CC.Cc1ccc2c(c1)CCO2.Cc1ccc2c(c1)OCO2.Cc1ccc2occc2c1.Cc1ccccc1. The summed E-state index contributed by atoms with van der Waals surface area (Å²) in [6.07, 6.45) is 2.79. The Morgan fingerprint density at radius 3 is 1.64 bits per heavy atom. The van der Waals surface area contributed by atoms with Crippen molar-refractivity contribution in [2.75, 3.05) is 13.4 Å². The van der Waals surface area contributed by atoms with Gasteiger partial charge >= 0.3 is 0 Å². The van der Waals surface area contributed by atoms with Crippen LogP contribution in [0.5, 0.6) is 17.2 Å². The van der Waals surface area contributed by atoms with E-state index in [1.54, 1.807) is 6.26 Å². The smallest absolute Gasteiger partial charge is 0.231 e. The van der Waals surface area contributed by atoms with Crippen molar-refractivity contribution >= 4 is 11.0 Å². The molecule has 0 radical (unpaired) electrons. The molecule has 3 heterocycles. The molecule has 0 atom stereocenters. The molecule has 0 bridgehead atoms. The molecule has 4 aromatic carbocycles. The molecule has 0 amide bonds. The number of benzene rings is 4. The molecule has 5 aromatic rings. The predicted octanol–water partition coefficient (Wildman–Crippen LogP) is 12.5. The highest BCUT2D eigenvalue weighted by atomic mass is 16.7. The molecule has 0 aliphatic carbocycles. The number of fused-ring (bicyclic) bond motifs is 3. The number of furan rings is 1. The predicted molar refractivity (Wildman–Crippen MR) is 195 cm³/mol. The summed E-state index contributed by atoms with van der Waals surface area (Å²) in [5.41, 5.74) is 7.44. The van der Waals surface area contributed by atoms with Gasteiger partial charge in [0, 0.05) is 11.8 Å². The second kappa shape index (κ2) is 25.2. The van der Waals surface area contributed by atoms with Gasteiger partial charge in [-0.25, -0.2) is 0 Å². The molecule has 0 N–H and O–H groups in total. The summed E-state index contributed by atoms with van der Waals surface area (Å²) in [4.78, 5) is 0. The van der Waals surface area contributed by atoms with Gasteiger partial charge in [0.1, 0.15) is 11.3 Å². The Balaban J connectivity index is 0.000000537. The molecule has 2 aliphatic heterocycles. The van der Waals surface area contributed by atoms with E-state index in [-0.39, 0.29) is 0 Å². The second-order valence-electron chi connectivity index (χ2n) is 9.18. The molecule has 0 fully saturated rings. The van der Waals surface area contributed by atoms with Gasteiger partial charge in [-0.1, -0.05) is 127 Å². The monoisotopic (exact) mass is 614 g/mol. The molecule has 0 saturated carbocycles. The number of hydrogen-bond donors (Lipinski definition) is 0. The highest BCUT2D eigenvalue weighted by Gasteiger charge is 2.11. The Labute approximate surface area is 274 Å². The molecule has 1 aromatic heterocycles. The maximum Gasteiger partial charge on any atom is 0.231 e. The third-order valence-corrected chi connectivity index (χ3v) is 5.92. The molecule has 246 valence electrons. The van der Waals surface area contributed by atoms with Crippen molar-refractivity contribution in [3.63, 3.8) is 0 Å². The van der Waals surface area contributed by atoms with Crippen molar-refractivity contribution in [3.05, 3.63) is 125 Å². The van der Waals surface area contributed by atoms with Gasteiger partial charge < -0.3 is 18.6 Å². The lowest BCUT2D eigenvalue weighted by molar-refractivity contribution is 0.174. The van der Waals surface area contributed by atoms with Crippen LogP contribution in [-0.4, -0.2) is 13.4 Å². The lowest BCUT2D eigenvalue weighted by Crippen LogP contribution is -1.92. The maximum absolute atomic E-state index is 5.35. The number of aryl methyl sites for hydroxylation is 4. The third-order valence-electron chi connectivity index (χ3n) is 5.92. The summed E-state index contributed by atoms with van der Waals surface area (Å²) in [5, 5.41) is 1.18. The lowest BCUT2D eigenvalue weighted by Gasteiger charge is -1.97. The van der Waals surface area contributed by atoms with Crippen molar-refractivity contribution in [1.82, 2.24) is 0 Å². The van der Waals surface area contributed by atoms with Crippen LogP contribution in [0.4, 0.5) is 0 Å². The van der Waals surface area contributed by atoms with Crippen molar-refractivity contribution in [2.24, 2.45) is 0 Å². The average Bonchev–Trinajstić information content (AvgIpc) is 3.87. The number of hydrogen-bond acceptors (Lipinski definition) is 4. The van der Waals surface area contributed by atoms with Crippen LogP contribution in [0, 0.1) is 27.7 Å². The summed E-state index contributed by atoms with van der Waals surface area (Å²) < 4.78 is 20.8. The largest absolute Gasteiger partial charge is 0.493 e. The van der Waals surface area contributed by atoms with E-state index in [4.69, 9.17) is 18.6 Å². The highest BCUT2D eigenvalue weighted by molar-refractivity contribution is 5.77. The first-order valence-electron chi connectivity index (χ1n) is 16.5. The van der Waals surface area contributed by atoms with Crippen LogP contribution in [0.1, 0.15) is 83.2 Å². The van der Waals surface area contributed by atoms with Gasteiger partial charge in [-0.3, -0.25) is 0 Å². The van der Waals surface area contributed by atoms with Gasteiger partial charge in [0.2, 0.25) is 6.79 Å². The van der Waals surface area contributed by atoms with E-state index in [9.17, 15) is 0 Å². The minimum absolute atomic E-state index is 0.360. The van der Waals surface area contributed by atoms with Crippen LogP contribution in [0.3, 0.4) is 0 Å². The number of rotatable bonds is 0. The Morgan fingerprint density at radius 2 is 1.02 bits per heavy atom. The molecule has 2 aliphatic rings. The fourth-order valence-corrected chi connectivity index (χ4v) is 3.94. The standard InChI is InChI=1S/C9H10O.C9H8O.C8H8O2.C7H8.4C2H6/c2*1-7-2-3-9-8(6-7)4-5-10-9;1-6-2-3-7-8(4-6)10-5-9-7;1-7-5-3-2-4-6-7;4*1-2/h2-3,6H,4-5H2,1H3;2-6H,1H3;2-4H,5H2,1H3;2-6H,1H3;4*1-2H3. The third kappa shape index (κ3) is 15.4. The van der Waals surface area contributed by atoms with Gasteiger partial charge in [-0.2, -0.15) is 0 Å². The summed E-state index contributed by atoms with van der Waals surface area (Å²) in [6, 6.07) is 30.6. The summed E-state index contributed by atoms with van der Waals surface area (Å²) in [6.45, 7) is 25.5. The van der Waals surface area contributed by atoms with E-state index >= 15 is 0 Å². The zero-order valence-corrected chi connectivity index (χ0v) is 30.0. The molecular weight excluding hydrogens is 556 g/mol. The highest BCUT2D eigenvalue weighted by Crippen LogP contribution is 2.32. The van der Waals surface area contributed by atoms with Crippen molar-refractivity contribution in [3.8, 4) is 17.2 Å². The molecule has 4 nitrogen and oxygen atoms in total. The average molecular weight is 615 g/mol. The summed E-state index contributed by atoms with van der Waals surface area (Å²) in [5.74, 6) is 2.79. The fraction of sp³-hybridized carbons (Fsp3) is 0.366. The minimum Gasteiger partial charge on any atom is -0.493 e. The second-order valence-corrected chi connectivity index (χ2v) is 9.18. The molecule has 0 saturated heterocycles. The van der Waals surface area contributed by atoms with Crippen LogP contribution in [0.15, 0.2) is 102 Å². The van der Waals surface area contributed by atoms with Gasteiger partial charge in [-0.15, -0.1) is 0 Å². The van der Waals surface area contributed by atoms with Crippen LogP contribution in [0.2, 0.25) is 0 Å². The first-order chi connectivity index (χ1) is 22.0. The summed E-state index contributed by atoms with van der Waals surface area (Å²) in [7, 11) is 0. The van der Waals surface area contributed by atoms with Crippen LogP contribution in [0.25, 0.3) is 11.0 Å². The lowest BCUT2D eigenvalue weighted by atomic mass is 10.1. The minimum atomic E-state index is 0.360.